The zero-order chi connectivity index (χ0) is 18.1. The van der Waals surface area contributed by atoms with Crippen LogP contribution in [-0.4, -0.2) is 33.6 Å². The van der Waals surface area contributed by atoms with Gasteiger partial charge in [-0.2, -0.15) is 5.10 Å². The van der Waals surface area contributed by atoms with E-state index in [1.807, 2.05) is 17.0 Å². The summed E-state index contributed by atoms with van der Waals surface area (Å²) < 4.78 is 0. The highest BCUT2D eigenvalue weighted by atomic mass is 16.2. The van der Waals surface area contributed by atoms with Crippen molar-refractivity contribution in [2.75, 3.05) is 6.54 Å². The van der Waals surface area contributed by atoms with Crippen LogP contribution in [-0.2, 0) is 17.8 Å². The molecule has 0 fully saturated rings. The van der Waals surface area contributed by atoms with Gasteiger partial charge in [0.15, 0.2) is 0 Å². The van der Waals surface area contributed by atoms with Crippen LogP contribution in [0.1, 0.15) is 31.0 Å². The van der Waals surface area contributed by atoms with Crippen molar-refractivity contribution in [3.8, 4) is 11.3 Å². The molecule has 3 N–H and O–H groups in total. The van der Waals surface area contributed by atoms with Gasteiger partial charge in [-0.25, -0.2) is 0 Å². The number of rotatable bonds is 4. The van der Waals surface area contributed by atoms with Gasteiger partial charge in [0.1, 0.15) is 0 Å². The molecule has 26 heavy (non-hydrogen) atoms. The number of fused-ring (bicyclic) bond motifs is 2. The molecule has 0 radical (unpaired) electrons. The second-order valence-corrected chi connectivity index (χ2v) is 6.96. The van der Waals surface area contributed by atoms with E-state index in [9.17, 15) is 4.79 Å². The van der Waals surface area contributed by atoms with Gasteiger partial charge in [0, 0.05) is 36.3 Å². The molecular formula is C21H24N4O. The molecule has 0 spiro atoms. The van der Waals surface area contributed by atoms with Crippen LogP contribution in [0.25, 0.3) is 22.0 Å². The lowest BCUT2D eigenvalue weighted by molar-refractivity contribution is -0.133. The van der Waals surface area contributed by atoms with Crippen molar-refractivity contribution in [1.82, 2.24) is 15.1 Å². The Morgan fingerprint density at radius 3 is 2.92 bits per heavy atom. The molecule has 0 aliphatic carbocycles. The molecule has 1 amide bonds. The number of nitrogens with zero attached hydrogens (tertiary/aromatic N) is 2. The van der Waals surface area contributed by atoms with Crippen LogP contribution in [0.4, 0.5) is 0 Å². The molecular weight excluding hydrogens is 324 g/mol. The molecule has 5 nitrogen and oxygen atoms in total. The largest absolute Gasteiger partial charge is 0.336 e. The summed E-state index contributed by atoms with van der Waals surface area (Å²) in [4.78, 5) is 14.5. The van der Waals surface area contributed by atoms with E-state index in [0.29, 0.717) is 13.1 Å². The zero-order valence-corrected chi connectivity index (χ0v) is 15.0. The third kappa shape index (κ3) is 2.88. The molecule has 0 bridgehead atoms. The van der Waals surface area contributed by atoms with Gasteiger partial charge in [0.2, 0.25) is 5.91 Å². The van der Waals surface area contributed by atoms with Gasteiger partial charge in [0.25, 0.3) is 0 Å². The Kier molecular flexibility index (Phi) is 4.47. The highest BCUT2D eigenvalue weighted by Crippen LogP contribution is 2.33. The smallest absolute Gasteiger partial charge is 0.239 e. The summed E-state index contributed by atoms with van der Waals surface area (Å²) in [6, 6.07) is 14.2. The topological polar surface area (TPSA) is 75.0 Å². The van der Waals surface area contributed by atoms with Crippen molar-refractivity contribution in [1.29, 1.82) is 0 Å². The van der Waals surface area contributed by atoms with Gasteiger partial charge in [-0.3, -0.25) is 9.89 Å². The summed E-state index contributed by atoms with van der Waals surface area (Å²) in [6.45, 7) is 3.32. The first kappa shape index (κ1) is 16.8. The van der Waals surface area contributed by atoms with E-state index in [2.05, 4.69) is 47.5 Å². The van der Waals surface area contributed by atoms with Gasteiger partial charge in [-0.15, -0.1) is 0 Å². The highest BCUT2D eigenvalue weighted by molar-refractivity contribution is 5.96. The van der Waals surface area contributed by atoms with Crippen LogP contribution in [0.3, 0.4) is 0 Å². The third-order valence-corrected chi connectivity index (χ3v) is 5.21. The normalized spacial score (nSPS) is 15.1. The summed E-state index contributed by atoms with van der Waals surface area (Å²) in [5.74, 6) is 0.0440. The van der Waals surface area contributed by atoms with Crippen LogP contribution < -0.4 is 5.73 Å². The van der Waals surface area contributed by atoms with E-state index in [4.69, 9.17) is 5.73 Å². The van der Waals surface area contributed by atoms with Gasteiger partial charge in [-0.05, 0) is 17.2 Å². The van der Waals surface area contributed by atoms with Gasteiger partial charge in [0.05, 0.1) is 11.7 Å². The molecule has 1 aliphatic heterocycles. The minimum Gasteiger partial charge on any atom is -0.336 e. The van der Waals surface area contributed by atoms with E-state index < -0.39 is 6.04 Å². The van der Waals surface area contributed by atoms with E-state index in [0.717, 1.165) is 41.8 Å². The van der Waals surface area contributed by atoms with Gasteiger partial charge < -0.3 is 10.6 Å². The molecule has 4 rings (SSSR count). The first-order valence-corrected chi connectivity index (χ1v) is 9.27. The highest BCUT2D eigenvalue weighted by Gasteiger charge is 2.28. The minimum atomic E-state index is -0.408. The van der Waals surface area contributed by atoms with Crippen LogP contribution in [0.15, 0.2) is 42.5 Å². The second-order valence-electron chi connectivity index (χ2n) is 6.96. The van der Waals surface area contributed by atoms with Gasteiger partial charge >= 0.3 is 0 Å². The Hall–Kier alpha value is -2.66. The molecule has 5 heteroatoms. The number of hydrogen-bond donors (Lipinski definition) is 2. The standard InChI is InChI=1S/C21H24N4O/c1-2-6-18(22)21(26)25-12-11-19-17(13-25)20(24-23-19)16-10-5-8-14-7-3-4-9-15(14)16/h3-5,7-10,18H,2,6,11-13,22H2,1H3,(H,23,24)/t18-/m1/s1. The fraction of sp³-hybridized carbons (Fsp3) is 0.333. The second kappa shape index (κ2) is 6.92. The minimum absolute atomic E-state index is 0.0440. The number of carbonyl (C=O) groups is 1. The maximum Gasteiger partial charge on any atom is 0.239 e. The quantitative estimate of drug-likeness (QED) is 0.760. The van der Waals surface area contributed by atoms with Crippen molar-refractivity contribution in [3.05, 3.63) is 53.7 Å². The zero-order valence-electron chi connectivity index (χ0n) is 15.0. The van der Waals surface area contributed by atoms with Crippen molar-refractivity contribution < 1.29 is 4.79 Å². The Bertz CT molecular complexity index is 941. The Morgan fingerprint density at radius 1 is 1.27 bits per heavy atom. The van der Waals surface area contributed by atoms with Crippen molar-refractivity contribution in [2.45, 2.75) is 38.8 Å². The van der Waals surface area contributed by atoms with Crippen LogP contribution >= 0.6 is 0 Å². The maximum atomic E-state index is 12.7. The summed E-state index contributed by atoms with van der Waals surface area (Å²) in [5.41, 5.74) is 10.4. The Balaban J connectivity index is 1.70. The van der Waals surface area contributed by atoms with E-state index >= 15 is 0 Å². The first-order valence-electron chi connectivity index (χ1n) is 9.27. The number of aromatic amines is 1. The molecule has 1 atom stereocenters. The number of hydrogen-bond acceptors (Lipinski definition) is 3. The molecule has 0 saturated heterocycles. The molecule has 2 aromatic carbocycles. The monoisotopic (exact) mass is 348 g/mol. The molecule has 0 unspecified atom stereocenters. The molecule has 3 aromatic rings. The predicted molar refractivity (Wildman–Crippen MR) is 104 cm³/mol. The average Bonchev–Trinajstić information content (AvgIpc) is 3.10. The van der Waals surface area contributed by atoms with E-state index in [-0.39, 0.29) is 5.91 Å². The SMILES string of the molecule is CCC[C@@H](N)C(=O)N1CCc2[nH]nc(-c3cccc4ccccc34)c2C1. The van der Waals surface area contributed by atoms with E-state index in [1.165, 1.54) is 10.8 Å². The number of carbonyl (C=O) groups excluding carboxylic acids is 1. The number of benzene rings is 2. The summed E-state index contributed by atoms with van der Waals surface area (Å²) in [6.07, 6.45) is 2.43. The van der Waals surface area contributed by atoms with Crippen molar-refractivity contribution >= 4 is 16.7 Å². The van der Waals surface area contributed by atoms with Crippen molar-refractivity contribution in [3.63, 3.8) is 0 Å². The Morgan fingerprint density at radius 2 is 2.08 bits per heavy atom. The lowest BCUT2D eigenvalue weighted by Crippen LogP contribution is -2.45. The lowest BCUT2D eigenvalue weighted by atomic mass is 9.96. The number of nitrogens with two attached hydrogens (primary N) is 1. The molecule has 1 aromatic heterocycles. The third-order valence-electron chi connectivity index (χ3n) is 5.21. The van der Waals surface area contributed by atoms with Crippen LogP contribution in [0, 0.1) is 0 Å². The molecule has 2 heterocycles. The number of H-pyrrole nitrogens is 1. The lowest BCUT2D eigenvalue weighted by Gasteiger charge is -2.29. The number of aromatic nitrogens is 2. The fourth-order valence-corrected chi connectivity index (χ4v) is 3.81. The molecule has 1 aliphatic rings. The van der Waals surface area contributed by atoms with E-state index in [1.54, 1.807) is 0 Å². The molecule has 134 valence electrons. The van der Waals surface area contributed by atoms with Crippen LogP contribution in [0.5, 0.6) is 0 Å². The van der Waals surface area contributed by atoms with Crippen LogP contribution in [0.2, 0.25) is 0 Å². The van der Waals surface area contributed by atoms with Crippen molar-refractivity contribution in [2.24, 2.45) is 5.73 Å². The summed E-state index contributed by atoms with van der Waals surface area (Å²) in [5, 5.41) is 10.1. The number of amides is 1. The maximum absolute atomic E-state index is 12.7. The summed E-state index contributed by atoms with van der Waals surface area (Å²) >= 11 is 0. The Labute approximate surface area is 153 Å². The predicted octanol–water partition coefficient (Wildman–Crippen LogP) is 3.24. The molecule has 0 saturated carbocycles. The first-order chi connectivity index (χ1) is 12.7. The fourth-order valence-electron chi connectivity index (χ4n) is 3.81. The van der Waals surface area contributed by atoms with Gasteiger partial charge in [-0.1, -0.05) is 55.8 Å². The summed E-state index contributed by atoms with van der Waals surface area (Å²) in [7, 11) is 0. The average molecular weight is 348 g/mol. The number of nitrogens with one attached hydrogen (secondary N) is 1.